The van der Waals surface area contributed by atoms with Gasteiger partial charge in [0.15, 0.2) is 5.88 Å². The van der Waals surface area contributed by atoms with Gasteiger partial charge in [0.2, 0.25) is 0 Å². The van der Waals surface area contributed by atoms with E-state index in [2.05, 4.69) is 0 Å². The zero-order valence-corrected chi connectivity index (χ0v) is 9.37. The van der Waals surface area contributed by atoms with E-state index in [0.29, 0.717) is 18.0 Å². The summed E-state index contributed by atoms with van der Waals surface area (Å²) in [5.41, 5.74) is 0.787. The van der Waals surface area contributed by atoms with E-state index in [4.69, 9.17) is 4.74 Å². The van der Waals surface area contributed by atoms with Crippen LogP contribution in [0.2, 0.25) is 0 Å². The van der Waals surface area contributed by atoms with E-state index in [1.807, 2.05) is 22.9 Å². The molecule has 1 heterocycles. The molecule has 88 valence electrons. The Hall–Kier alpha value is -2.30. The van der Waals surface area contributed by atoms with E-state index in [9.17, 15) is 10.1 Å². The van der Waals surface area contributed by atoms with Crippen molar-refractivity contribution in [3.05, 3.63) is 58.3 Å². The van der Waals surface area contributed by atoms with E-state index in [0.717, 1.165) is 0 Å². The summed E-state index contributed by atoms with van der Waals surface area (Å²) in [6.07, 6.45) is 1.83. The molecule has 2 rings (SSSR count). The predicted octanol–water partition coefficient (Wildman–Crippen LogP) is 2.45. The fraction of sp³-hybridized carbons (Fsp3) is 0.167. The van der Waals surface area contributed by atoms with Crippen LogP contribution in [0.3, 0.4) is 0 Å². The minimum Gasteiger partial charge on any atom is -0.482 e. The summed E-state index contributed by atoms with van der Waals surface area (Å²) in [4.78, 5) is 10.5. The number of ether oxygens (including phenoxy) is 1. The van der Waals surface area contributed by atoms with Gasteiger partial charge in [-0.05, 0) is 12.1 Å². The average Bonchev–Trinajstić information content (AvgIpc) is 2.77. The molecule has 0 aliphatic carbocycles. The highest BCUT2D eigenvalue weighted by atomic mass is 16.6. The van der Waals surface area contributed by atoms with Gasteiger partial charge in [-0.25, -0.2) is 0 Å². The van der Waals surface area contributed by atoms with Crippen LogP contribution in [0.4, 0.5) is 5.69 Å². The molecule has 0 unspecified atom stereocenters. The first-order valence-electron chi connectivity index (χ1n) is 5.14. The molecule has 1 aromatic heterocycles. The van der Waals surface area contributed by atoms with Crippen molar-refractivity contribution in [3.8, 4) is 5.88 Å². The molecule has 0 saturated carbocycles. The maximum Gasteiger partial charge on any atom is 0.274 e. The molecule has 0 N–H and O–H groups in total. The summed E-state index contributed by atoms with van der Waals surface area (Å²) in [6.45, 7) is 0.424. The second kappa shape index (κ2) is 4.69. The van der Waals surface area contributed by atoms with Crippen LogP contribution in [-0.2, 0) is 6.54 Å². The van der Waals surface area contributed by atoms with Crippen LogP contribution in [-0.4, -0.2) is 16.6 Å². The van der Waals surface area contributed by atoms with Crippen molar-refractivity contribution in [2.45, 2.75) is 6.54 Å². The quantitative estimate of drug-likeness (QED) is 0.601. The first-order valence-corrected chi connectivity index (χ1v) is 5.14. The van der Waals surface area contributed by atoms with Crippen molar-refractivity contribution in [1.29, 1.82) is 0 Å². The van der Waals surface area contributed by atoms with E-state index >= 15 is 0 Å². The van der Waals surface area contributed by atoms with Gasteiger partial charge in [-0.3, -0.25) is 10.1 Å². The fourth-order valence-corrected chi connectivity index (χ4v) is 1.72. The molecule has 1 aromatic carbocycles. The van der Waals surface area contributed by atoms with Gasteiger partial charge in [0.05, 0.1) is 18.6 Å². The number of nitrogens with zero attached hydrogens (tertiary/aromatic N) is 2. The van der Waals surface area contributed by atoms with Crippen molar-refractivity contribution in [2.75, 3.05) is 7.11 Å². The Morgan fingerprint density at radius 3 is 2.76 bits per heavy atom. The minimum absolute atomic E-state index is 0.128. The summed E-state index contributed by atoms with van der Waals surface area (Å²) < 4.78 is 6.97. The third-order valence-electron chi connectivity index (χ3n) is 2.53. The third-order valence-corrected chi connectivity index (χ3v) is 2.53. The highest BCUT2D eigenvalue weighted by Gasteiger charge is 2.13. The van der Waals surface area contributed by atoms with Gasteiger partial charge in [-0.2, -0.15) is 0 Å². The number of hydrogen-bond acceptors (Lipinski definition) is 3. The molecule has 0 radical (unpaired) electrons. The van der Waals surface area contributed by atoms with Gasteiger partial charge in [0.1, 0.15) is 0 Å². The monoisotopic (exact) mass is 232 g/mol. The van der Waals surface area contributed by atoms with Crippen molar-refractivity contribution in [1.82, 2.24) is 4.57 Å². The molecule has 0 amide bonds. The molecule has 0 aliphatic rings. The zero-order valence-electron chi connectivity index (χ0n) is 9.37. The highest BCUT2D eigenvalue weighted by molar-refractivity contribution is 5.40. The second-order valence-electron chi connectivity index (χ2n) is 3.56. The molecule has 0 spiro atoms. The summed E-state index contributed by atoms with van der Waals surface area (Å²) >= 11 is 0. The summed E-state index contributed by atoms with van der Waals surface area (Å²) in [7, 11) is 1.57. The molecular formula is C12H12N2O3. The van der Waals surface area contributed by atoms with Gasteiger partial charge in [0, 0.05) is 17.8 Å². The van der Waals surface area contributed by atoms with Crippen LogP contribution in [0.15, 0.2) is 42.6 Å². The molecular weight excluding hydrogens is 220 g/mol. The van der Waals surface area contributed by atoms with Gasteiger partial charge in [0.25, 0.3) is 5.69 Å². The van der Waals surface area contributed by atoms with Gasteiger partial charge >= 0.3 is 0 Å². The number of hydrogen-bond donors (Lipinski definition) is 0. The Bertz CT molecular complexity index is 534. The zero-order chi connectivity index (χ0) is 12.3. The predicted molar refractivity (Wildman–Crippen MR) is 63.2 cm³/mol. The standard InChI is InChI=1S/C12H12N2O3/c1-17-12-7-4-8-13(12)9-10-5-2-3-6-11(10)14(15)16/h2-8H,9H2,1H3. The second-order valence-corrected chi connectivity index (χ2v) is 3.56. The molecule has 0 bridgehead atoms. The molecule has 5 heteroatoms. The number of aromatic nitrogens is 1. The molecule has 2 aromatic rings. The normalized spacial score (nSPS) is 10.2. The molecule has 0 aliphatic heterocycles. The number of methoxy groups -OCH3 is 1. The summed E-state index contributed by atoms with van der Waals surface area (Å²) in [5, 5.41) is 10.9. The van der Waals surface area contributed by atoms with E-state index < -0.39 is 0 Å². The lowest BCUT2D eigenvalue weighted by Crippen LogP contribution is -2.03. The van der Waals surface area contributed by atoms with E-state index in [1.54, 1.807) is 25.3 Å². The minimum atomic E-state index is -0.370. The Kier molecular flexibility index (Phi) is 3.09. The van der Waals surface area contributed by atoms with Crippen LogP contribution in [0.25, 0.3) is 0 Å². The number of nitro groups is 1. The fourth-order valence-electron chi connectivity index (χ4n) is 1.72. The van der Waals surface area contributed by atoms with Crippen molar-refractivity contribution in [3.63, 3.8) is 0 Å². The van der Waals surface area contributed by atoms with Crippen molar-refractivity contribution in [2.24, 2.45) is 0 Å². The smallest absolute Gasteiger partial charge is 0.274 e. The lowest BCUT2D eigenvalue weighted by molar-refractivity contribution is -0.385. The van der Waals surface area contributed by atoms with Crippen LogP contribution in [0, 0.1) is 10.1 Å². The lowest BCUT2D eigenvalue weighted by atomic mass is 10.2. The van der Waals surface area contributed by atoms with Crippen LogP contribution >= 0.6 is 0 Å². The van der Waals surface area contributed by atoms with Crippen molar-refractivity contribution >= 4 is 5.69 Å². The highest BCUT2D eigenvalue weighted by Crippen LogP contribution is 2.21. The molecule has 5 nitrogen and oxygen atoms in total. The lowest BCUT2D eigenvalue weighted by Gasteiger charge is -2.08. The maximum absolute atomic E-state index is 10.9. The number of para-hydroxylation sites is 1. The average molecular weight is 232 g/mol. The van der Waals surface area contributed by atoms with Crippen LogP contribution in [0.5, 0.6) is 5.88 Å². The largest absolute Gasteiger partial charge is 0.482 e. The Labute approximate surface area is 98.4 Å². The maximum atomic E-state index is 10.9. The van der Waals surface area contributed by atoms with E-state index in [1.165, 1.54) is 6.07 Å². The topological polar surface area (TPSA) is 57.3 Å². The summed E-state index contributed by atoms with van der Waals surface area (Å²) in [5.74, 6) is 0.683. The first kappa shape index (κ1) is 11.2. The van der Waals surface area contributed by atoms with Crippen LogP contribution in [0.1, 0.15) is 5.56 Å². The van der Waals surface area contributed by atoms with Crippen molar-refractivity contribution < 1.29 is 9.66 Å². The van der Waals surface area contributed by atoms with Gasteiger partial charge in [-0.1, -0.05) is 18.2 Å². The van der Waals surface area contributed by atoms with Gasteiger partial charge < -0.3 is 9.30 Å². The Balaban J connectivity index is 2.33. The first-order chi connectivity index (χ1) is 8.22. The number of rotatable bonds is 4. The molecule has 0 fully saturated rings. The van der Waals surface area contributed by atoms with Crippen LogP contribution < -0.4 is 4.74 Å². The summed E-state index contributed by atoms with van der Waals surface area (Å²) in [6, 6.07) is 10.4. The van der Waals surface area contributed by atoms with Gasteiger partial charge in [-0.15, -0.1) is 0 Å². The van der Waals surface area contributed by atoms with E-state index in [-0.39, 0.29) is 10.6 Å². The number of nitro benzene ring substituents is 1. The molecule has 0 saturated heterocycles. The number of benzene rings is 1. The molecule has 0 atom stereocenters. The Morgan fingerprint density at radius 2 is 2.06 bits per heavy atom. The Morgan fingerprint density at radius 1 is 1.29 bits per heavy atom. The SMILES string of the molecule is COc1cccn1Cc1ccccc1[N+](=O)[O-]. The third kappa shape index (κ3) is 2.28. The molecule has 17 heavy (non-hydrogen) atoms.